The van der Waals surface area contributed by atoms with Crippen LogP contribution >= 0.6 is 0 Å². The average Bonchev–Trinajstić information content (AvgIpc) is 2.34. The van der Waals surface area contributed by atoms with Crippen molar-refractivity contribution in [2.24, 2.45) is 5.73 Å². The van der Waals surface area contributed by atoms with Gasteiger partial charge in [-0.15, -0.1) is 0 Å². The van der Waals surface area contributed by atoms with Gasteiger partial charge in [0.2, 0.25) is 0 Å². The first-order valence-corrected chi connectivity index (χ1v) is 3.51. The molecule has 1 aliphatic heterocycles. The van der Waals surface area contributed by atoms with E-state index in [1.807, 2.05) is 5.06 Å². The lowest BCUT2D eigenvalue weighted by molar-refractivity contribution is -0.109. The van der Waals surface area contributed by atoms with Crippen LogP contribution in [0, 0.1) is 0 Å². The summed E-state index contributed by atoms with van der Waals surface area (Å²) in [5.41, 5.74) is 5.32. The Bertz CT molecular complexity index is 71.5. The topological polar surface area (TPSA) is 38.5 Å². The molecular weight excluding hydrogens is 116 g/mol. The molecule has 1 rings (SSSR count). The minimum atomic E-state index is 0.764. The Morgan fingerprint density at radius 3 is 3.00 bits per heavy atom. The molecule has 0 saturated carbocycles. The van der Waals surface area contributed by atoms with Crippen LogP contribution in [0.2, 0.25) is 0 Å². The second kappa shape index (κ2) is 3.82. The summed E-state index contributed by atoms with van der Waals surface area (Å²) < 4.78 is 0. The fourth-order valence-electron chi connectivity index (χ4n) is 0.943. The van der Waals surface area contributed by atoms with Crippen molar-refractivity contribution in [3.05, 3.63) is 0 Å². The second-order valence-electron chi connectivity index (χ2n) is 2.26. The Hall–Kier alpha value is -0.120. The highest BCUT2D eigenvalue weighted by Crippen LogP contribution is 2.03. The first kappa shape index (κ1) is 6.99. The summed E-state index contributed by atoms with van der Waals surface area (Å²) >= 11 is 0. The number of hydroxylamine groups is 2. The van der Waals surface area contributed by atoms with Gasteiger partial charge in [-0.05, 0) is 19.4 Å². The minimum absolute atomic E-state index is 0.764. The zero-order chi connectivity index (χ0) is 6.53. The summed E-state index contributed by atoms with van der Waals surface area (Å²) in [5.74, 6) is 0. The molecule has 0 atom stereocenters. The monoisotopic (exact) mass is 130 g/mol. The summed E-state index contributed by atoms with van der Waals surface area (Å²) in [4.78, 5) is 5.23. The number of nitrogens with zero attached hydrogens (tertiary/aromatic N) is 1. The number of nitrogens with two attached hydrogens (primary N) is 1. The number of hydrogen-bond donors (Lipinski definition) is 1. The Morgan fingerprint density at radius 2 is 2.44 bits per heavy atom. The van der Waals surface area contributed by atoms with E-state index >= 15 is 0 Å². The van der Waals surface area contributed by atoms with Gasteiger partial charge in [0.15, 0.2) is 0 Å². The van der Waals surface area contributed by atoms with Crippen molar-refractivity contribution in [2.45, 2.75) is 12.8 Å². The molecule has 0 bridgehead atoms. The van der Waals surface area contributed by atoms with Crippen molar-refractivity contribution in [2.75, 3.05) is 26.2 Å². The maximum atomic E-state index is 5.32. The molecular formula is C6H14N2O. The van der Waals surface area contributed by atoms with E-state index in [4.69, 9.17) is 10.6 Å². The van der Waals surface area contributed by atoms with Gasteiger partial charge in [-0.3, -0.25) is 4.84 Å². The van der Waals surface area contributed by atoms with Gasteiger partial charge in [-0.25, -0.2) is 0 Å². The SMILES string of the molecule is NCCCN1CCCO1. The molecule has 0 amide bonds. The zero-order valence-electron chi connectivity index (χ0n) is 5.68. The van der Waals surface area contributed by atoms with Crippen LogP contribution in [0.5, 0.6) is 0 Å². The van der Waals surface area contributed by atoms with Crippen molar-refractivity contribution in [1.82, 2.24) is 5.06 Å². The normalized spacial score (nSPS) is 21.0. The Labute approximate surface area is 55.7 Å². The molecule has 0 aliphatic carbocycles. The van der Waals surface area contributed by atoms with E-state index in [-0.39, 0.29) is 0 Å². The van der Waals surface area contributed by atoms with E-state index in [2.05, 4.69) is 0 Å². The van der Waals surface area contributed by atoms with E-state index in [0.29, 0.717) is 0 Å². The average molecular weight is 130 g/mol. The van der Waals surface area contributed by atoms with Crippen LogP contribution < -0.4 is 5.73 Å². The fourth-order valence-corrected chi connectivity index (χ4v) is 0.943. The number of hydrogen-bond acceptors (Lipinski definition) is 3. The Balaban J connectivity index is 1.98. The number of rotatable bonds is 3. The van der Waals surface area contributed by atoms with Crippen molar-refractivity contribution < 1.29 is 4.84 Å². The predicted molar refractivity (Wildman–Crippen MR) is 35.8 cm³/mol. The molecule has 3 heteroatoms. The first-order valence-electron chi connectivity index (χ1n) is 3.51. The van der Waals surface area contributed by atoms with Gasteiger partial charge in [0, 0.05) is 13.1 Å². The van der Waals surface area contributed by atoms with Crippen LogP contribution in [0.3, 0.4) is 0 Å². The lowest BCUT2D eigenvalue weighted by Crippen LogP contribution is -2.21. The highest BCUT2D eigenvalue weighted by molar-refractivity contribution is 4.53. The summed E-state index contributed by atoms with van der Waals surface area (Å²) in [5, 5.41) is 1.99. The van der Waals surface area contributed by atoms with E-state index in [0.717, 1.165) is 32.7 Å². The molecule has 0 radical (unpaired) electrons. The predicted octanol–water partition coefficient (Wildman–Crippen LogP) is -0.0275. The molecule has 3 nitrogen and oxygen atoms in total. The molecule has 1 heterocycles. The molecule has 54 valence electrons. The summed E-state index contributed by atoms with van der Waals surface area (Å²) in [7, 11) is 0. The molecule has 1 saturated heterocycles. The maximum absolute atomic E-state index is 5.32. The van der Waals surface area contributed by atoms with Gasteiger partial charge in [0.1, 0.15) is 0 Å². The van der Waals surface area contributed by atoms with Crippen molar-refractivity contribution in [3.8, 4) is 0 Å². The molecule has 0 spiro atoms. The molecule has 0 aromatic rings. The largest absolute Gasteiger partial charge is 0.330 e. The molecule has 1 aliphatic rings. The van der Waals surface area contributed by atoms with Crippen LogP contribution in [0.4, 0.5) is 0 Å². The molecule has 0 aromatic carbocycles. The molecule has 9 heavy (non-hydrogen) atoms. The molecule has 2 N–H and O–H groups in total. The smallest absolute Gasteiger partial charge is 0.0698 e. The van der Waals surface area contributed by atoms with Gasteiger partial charge >= 0.3 is 0 Å². The lowest BCUT2D eigenvalue weighted by Gasteiger charge is -2.11. The van der Waals surface area contributed by atoms with Gasteiger partial charge < -0.3 is 5.73 Å². The van der Waals surface area contributed by atoms with Crippen molar-refractivity contribution in [1.29, 1.82) is 0 Å². The van der Waals surface area contributed by atoms with Crippen LogP contribution in [-0.2, 0) is 4.84 Å². The van der Waals surface area contributed by atoms with Crippen molar-refractivity contribution >= 4 is 0 Å². The van der Waals surface area contributed by atoms with Crippen LogP contribution in [-0.4, -0.2) is 31.3 Å². The lowest BCUT2D eigenvalue weighted by atomic mass is 10.4. The standard InChI is InChI=1S/C6H14N2O/c7-3-1-4-8-5-2-6-9-8/h1-7H2. The van der Waals surface area contributed by atoms with E-state index in [1.165, 1.54) is 6.42 Å². The molecule has 1 fully saturated rings. The van der Waals surface area contributed by atoms with Gasteiger partial charge in [-0.1, -0.05) is 0 Å². The Kier molecular flexibility index (Phi) is 2.97. The van der Waals surface area contributed by atoms with Crippen LogP contribution in [0.15, 0.2) is 0 Å². The summed E-state index contributed by atoms with van der Waals surface area (Å²) in [6.07, 6.45) is 2.21. The van der Waals surface area contributed by atoms with Crippen LogP contribution in [0.25, 0.3) is 0 Å². The summed E-state index contributed by atoms with van der Waals surface area (Å²) in [6.45, 7) is 3.74. The second-order valence-corrected chi connectivity index (χ2v) is 2.26. The third kappa shape index (κ3) is 2.30. The maximum Gasteiger partial charge on any atom is 0.0698 e. The van der Waals surface area contributed by atoms with E-state index in [1.54, 1.807) is 0 Å². The zero-order valence-corrected chi connectivity index (χ0v) is 5.68. The van der Waals surface area contributed by atoms with Crippen LogP contribution in [0.1, 0.15) is 12.8 Å². The van der Waals surface area contributed by atoms with Crippen molar-refractivity contribution in [3.63, 3.8) is 0 Å². The molecule has 0 unspecified atom stereocenters. The highest BCUT2D eigenvalue weighted by Gasteiger charge is 2.10. The van der Waals surface area contributed by atoms with E-state index in [9.17, 15) is 0 Å². The molecule has 0 aromatic heterocycles. The Morgan fingerprint density at radius 1 is 1.56 bits per heavy atom. The summed E-state index contributed by atoms with van der Waals surface area (Å²) in [6, 6.07) is 0. The van der Waals surface area contributed by atoms with Gasteiger partial charge in [-0.2, -0.15) is 5.06 Å². The fraction of sp³-hybridized carbons (Fsp3) is 1.00. The quantitative estimate of drug-likeness (QED) is 0.583. The first-order chi connectivity index (χ1) is 4.43. The van der Waals surface area contributed by atoms with E-state index < -0.39 is 0 Å². The highest BCUT2D eigenvalue weighted by atomic mass is 16.7. The third-order valence-electron chi connectivity index (χ3n) is 1.44. The van der Waals surface area contributed by atoms with Gasteiger partial charge in [0.05, 0.1) is 6.61 Å². The minimum Gasteiger partial charge on any atom is -0.330 e. The van der Waals surface area contributed by atoms with Gasteiger partial charge in [0.25, 0.3) is 0 Å². The third-order valence-corrected chi connectivity index (χ3v) is 1.44.